The molecule has 1 amide bonds. The van der Waals surface area contributed by atoms with E-state index in [0.717, 1.165) is 18.8 Å². The van der Waals surface area contributed by atoms with Gasteiger partial charge in [0.1, 0.15) is 19.0 Å². The molecule has 1 aromatic rings. The smallest absolute Gasteiger partial charge is 0.410 e. The van der Waals surface area contributed by atoms with E-state index in [1.54, 1.807) is 4.90 Å². The first-order chi connectivity index (χ1) is 12.9. The summed E-state index contributed by atoms with van der Waals surface area (Å²) in [5, 5.41) is 0. The summed E-state index contributed by atoms with van der Waals surface area (Å²) in [6.45, 7) is 13.8. The Labute approximate surface area is 164 Å². The van der Waals surface area contributed by atoms with Crippen LogP contribution >= 0.6 is 0 Å². The normalized spacial score (nSPS) is 18.8. The van der Waals surface area contributed by atoms with Gasteiger partial charge in [0.05, 0.1) is 6.04 Å². The van der Waals surface area contributed by atoms with Gasteiger partial charge in [-0.1, -0.05) is 12.5 Å². The zero-order valence-corrected chi connectivity index (χ0v) is 17.7. The van der Waals surface area contributed by atoms with Gasteiger partial charge in [0, 0.05) is 19.1 Å². The molecule has 1 aromatic carbocycles. The minimum absolute atomic E-state index is 0.0442. The number of piperidine rings is 1. The van der Waals surface area contributed by atoms with Crippen LogP contribution in [0.2, 0.25) is 0 Å². The number of amides is 1. The van der Waals surface area contributed by atoms with Gasteiger partial charge in [0.2, 0.25) is 0 Å². The van der Waals surface area contributed by atoms with Crippen molar-refractivity contribution in [2.75, 3.05) is 32.8 Å². The molecule has 0 spiro atoms. The van der Waals surface area contributed by atoms with Crippen molar-refractivity contribution in [1.82, 2.24) is 9.80 Å². The Hall–Kier alpha value is -1.75. The summed E-state index contributed by atoms with van der Waals surface area (Å²) in [6.07, 6.45) is 3.53. The van der Waals surface area contributed by atoms with Gasteiger partial charge >= 0.3 is 6.09 Å². The number of likely N-dealkylation sites (N-methyl/N-ethyl adjacent to an activating group) is 1. The Kier molecular flexibility index (Phi) is 8.42. The maximum absolute atomic E-state index is 12.5. The number of rotatable bonds is 8. The number of hydrogen-bond donors (Lipinski definition) is 0. The maximum atomic E-state index is 12.5. The predicted molar refractivity (Wildman–Crippen MR) is 109 cm³/mol. The van der Waals surface area contributed by atoms with Crippen molar-refractivity contribution < 1.29 is 14.3 Å². The fourth-order valence-corrected chi connectivity index (χ4v) is 3.77. The third-order valence-electron chi connectivity index (χ3n) is 5.34. The first kappa shape index (κ1) is 21.5. The quantitative estimate of drug-likeness (QED) is 0.674. The number of nitrogens with zero attached hydrogens (tertiary/aromatic N) is 2. The molecular weight excluding hydrogens is 340 g/mol. The fourth-order valence-electron chi connectivity index (χ4n) is 3.77. The lowest BCUT2D eigenvalue weighted by Crippen LogP contribution is -2.44. The van der Waals surface area contributed by atoms with Gasteiger partial charge in [-0.3, -0.25) is 4.90 Å². The lowest BCUT2D eigenvalue weighted by Gasteiger charge is -2.33. The molecule has 0 bridgehead atoms. The van der Waals surface area contributed by atoms with Crippen molar-refractivity contribution in [3.8, 4) is 5.75 Å². The Bertz CT molecular complexity index is 585. The van der Waals surface area contributed by atoms with Crippen LogP contribution in [0, 0.1) is 13.8 Å². The second-order valence-corrected chi connectivity index (χ2v) is 7.76. The second kappa shape index (κ2) is 10.5. The van der Waals surface area contributed by atoms with Gasteiger partial charge in [0.15, 0.2) is 0 Å². The summed E-state index contributed by atoms with van der Waals surface area (Å²) in [5.41, 5.74) is 2.35. The number of carbonyl (C=O) groups is 1. The molecule has 0 aromatic heterocycles. The van der Waals surface area contributed by atoms with Crippen molar-refractivity contribution in [3.63, 3.8) is 0 Å². The van der Waals surface area contributed by atoms with Crippen LogP contribution in [0.3, 0.4) is 0 Å². The van der Waals surface area contributed by atoms with Gasteiger partial charge in [-0.25, -0.2) is 4.79 Å². The van der Waals surface area contributed by atoms with Crippen LogP contribution in [0.15, 0.2) is 18.2 Å². The van der Waals surface area contributed by atoms with E-state index in [1.165, 1.54) is 30.4 Å². The van der Waals surface area contributed by atoms with Gasteiger partial charge in [0.25, 0.3) is 0 Å². The molecule has 27 heavy (non-hydrogen) atoms. The molecule has 2 unspecified atom stereocenters. The zero-order valence-electron chi connectivity index (χ0n) is 17.7. The molecule has 1 aliphatic heterocycles. The van der Waals surface area contributed by atoms with Crippen molar-refractivity contribution in [1.29, 1.82) is 0 Å². The monoisotopic (exact) mass is 376 g/mol. The SMILES string of the molecule is CCN(C(=O)OCCN1CCCCC1C)C(C)COc1cc(C)cc(C)c1. The van der Waals surface area contributed by atoms with E-state index in [4.69, 9.17) is 9.47 Å². The molecule has 1 aliphatic rings. The van der Waals surface area contributed by atoms with E-state index in [0.29, 0.717) is 25.8 Å². The number of carbonyl (C=O) groups excluding carboxylic acids is 1. The molecule has 1 heterocycles. The second-order valence-electron chi connectivity index (χ2n) is 7.76. The van der Waals surface area contributed by atoms with Crippen molar-refractivity contribution in [2.45, 2.75) is 66.0 Å². The maximum Gasteiger partial charge on any atom is 0.410 e. The fraction of sp³-hybridized carbons (Fsp3) is 0.682. The van der Waals surface area contributed by atoms with Crippen LogP contribution in [-0.2, 0) is 4.74 Å². The Balaban J connectivity index is 1.78. The first-order valence-corrected chi connectivity index (χ1v) is 10.3. The minimum Gasteiger partial charge on any atom is -0.491 e. The predicted octanol–water partition coefficient (Wildman–Crippen LogP) is 4.40. The van der Waals surface area contributed by atoms with E-state index in [2.05, 4.69) is 31.7 Å². The molecule has 5 heteroatoms. The number of benzene rings is 1. The molecule has 5 nitrogen and oxygen atoms in total. The van der Waals surface area contributed by atoms with E-state index in [-0.39, 0.29) is 12.1 Å². The molecule has 2 rings (SSSR count). The van der Waals surface area contributed by atoms with Crippen molar-refractivity contribution in [2.24, 2.45) is 0 Å². The van der Waals surface area contributed by atoms with Gasteiger partial charge < -0.3 is 14.4 Å². The molecule has 152 valence electrons. The highest BCUT2D eigenvalue weighted by Gasteiger charge is 2.22. The summed E-state index contributed by atoms with van der Waals surface area (Å²) in [5.74, 6) is 0.850. The lowest BCUT2D eigenvalue weighted by molar-refractivity contribution is 0.0614. The number of hydrogen-bond acceptors (Lipinski definition) is 4. The average molecular weight is 377 g/mol. The van der Waals surface area contributed by atoms with Crippen LogP contribution in [0.4, 0.5) is 4.79 Å². The van der Waals surface area contributed by atoms with Gasteiger partial charge in [-0.2, -0.15) is 0 Å². The summed E-state index contributed by atoms with van der Waals surface area (Å²) in [6, 6.07) is 6.71. The van der Waals surface area contributed by atoms with Crippen LogP contribution in [0.25, 0.3) is 0 Å². The van der Waals surface area contributed by atoms with Crippen molar-refractivity contribution in [3.05, 3.63) is 29.3 Å². The van der Waals surface area contributed by atoms with E-state index < -0.39 is 0 Å². The highest BCUT2D eigenvalue weighted by atomic mass is 16.6. The number of likely N-dealkylation sites (tertiary alicyclic amines) is 1. The highest BCUT2D eigenvalue weighted by molar-refractivity contribution is 5.68. The standard InChI is InChI=1S/C22H36N2O3/c1-6-24(20(5)16-27-21-14-17(2)13-18(3)15-21)22(25)26-12-11-23-10-8-7-9-19(23)4/h13-15,19-20H,6-12,16H2,1-5H3. The minimum atomic E-state index is -0.251. The topological polar surface area (TPSA) is 42.0 Å². The Morgan fingerprint density at radius 3 is 2.59 bits per heavy atom. The summed E-state index contributed by atoms with van der Waals surface area (Å²) in [7, 11) is 0. The first-order valence-electron chi connectivity index (χ1n) is 10.3. The van der Waals surface area contributed by atoms with Crippen molar-refractivity contribution >= 4 is 6.09 Å². The lowest BCUT2D eigenvalue weighted by atomic mass is 10.0. The van der Waals surface area contributed by atoms with Gasteiger partial charge in [-0.15, -0.1) is 0 Å². The molecule has 0 aliphatic carbocycles. The Morgan fingerprint density at radius 2 is 1.96 bits per heavy atom. The summed E-state index contributed by atoms with van der Waals surface area (Å²) >= 11 is 0. The van der Waals surface area contributed by atoms with Gasteiger partial charge in [-0.05, 0) is 77.3 Å². The highest BCUT2D eigenvalue weighted by Crippen LogP contribution is 2.18. The van der Waals surface area contributed by atoms with Crippen LogP contribution in [0.1, 0.15) is 51.2 Å². The molecule has 0 N–H and O–H groups in total. The van der Waals surface area contributed by atoms with E-state index in [1.807, 2.05) is 26.0 Å². The molecule has 2 atom stereocenters. The number of ether oxygens (including phenoxy) is 2. The van der Waals surface area contributed by atoms with Crippen LogP contribution in [0.5, 0.6) is 5.75 Å². The summed E-state index contributed by atoms with van der Waals surface area (Å²) < 4.78 is 11.5. The van der Waals surface area contributed by atoms with Crippen LogP contribution in [-0.4, -0.2) is 60.8 Å². The van der Waals surface area contributed by atoms with E-state index >= 15 is 0 Å². The molecule has 0 saturated carbocycles. The Morgan fingerprint density at radius 1 is 1.26 bits per heavy atom. The number of aryl methyl sites for hydroxylation is 2. The summed E-state index contributed by atoms with van der Waals surface area (Å²) in [4.78, 5) is 16.6. The molecular formula is C22H36N2O3. The molecule has 1 saturated heterocycles. The average Bonchev–Trinajstić information content (AvgIpc) is 2.61. The van der Waals surface area contributed by atoms with Crippen LogP contribution < -0.4 is 4.74 Å². The van der Waals surface area contributed by atoms with E-state index in [9.17, 15) is 4.79 Å². The third-order valence-corrected chi connectivity index (χ3v) is 5.34. The largest absolute Gasteiger partial charge is 0.491 e. The molecule has 0 radical (unpaired) electrons. The third kappa shape index (κ3) is 6.73. The molecule has 1 fully saturated rings. The zero-order chi connectivity index (χ0) is 19.8.